The van der Waals surface area contributed by atoms with Crippen molar-refractivity contribution >= 4 is 28.9 Å². The van der Waals surface area contributed by atoms with Gasteiger partial charge in [-0.05, 0) is 30.5 Å². The molecule has 1 aliphatic carbocycles. The third-order valence-electron chi connectivity index (χ3n) is 3.65. The molecule has 1 fully saturated rings. The second kappa shape index (κ2) is 5.54. The van der Waals surface area contributed by atoms with Crippen molar-refractivity contribution < 1.29 is 9.90 Å². The topological polar surface area (TPSA) is 50.2 Å². The molecular formula is C15H14ClNO2S. The third-order valence-corrected chi connectivity index (χ3v) is 4.96. The Hall–Kier alpha value is -1.39. The molecule has 0 aliphatic heterocycles. The Labute approximate surface area is 126 Å². The highest BCUT2D eigenvalue weighted by Crippen LogP contribution is 2.39. The molecule has 3 rings (SSSR count). The summed E-state index contributed by atoms with van der Waals surface area (Å²) in [5, 5.41) is 10.9. The first kappa shape index (κ1) is 13.6. The van der Waals surface area contributed by atoms with E-state index >= 15 is 0 Å². The van der Waals surface area contributed by atoms with E-state index in [1.165, 1.54) is 17.8 Å². The summed E-state index contributed by atoms with van der Waals surface area (Å²) < 4.78 is 0. The van der Waals surface area contributed by atoms with E-state index in [9.17, 15) is 9.90 Å². The number of carboxylic acid groups (broad SMARTS) is 1. The van der Waals surface area contributed by atoms with Crippen LogP contribution in [0.5, 0.6) is 0 Å². The van der Waals surface area contributed by atoms with Crippen LogP contribution < -0.4 is 0 Å². The number of halogens is 1. The summed E-state index contributed by atoms with van der Waals surface area (Å²) in [7, 11) is 0. The van der Waals surface area contributed by atoms with Crippen LogP contribution in [0.2, 0.25) is 5.02 Å². The van der Waals surface area contributed by atoms with Gasteiger partial charge in [0, 0.05) is 17.4 Å². The summed E-state index contributed by atoms with van der Waals surface area (Å²) in [5.41, 5.74) is 1.89. The number of aromatic nitrogens is 1. The number of thiazole rings is 1. The van der Waals surface area contributed by atoms with Gasteiger partial charge >= 0.3 is 5.97 Å². The molecule has 0 amide bonds. The van der Waals surface area contributed by atoms with Crippen molar-refractivity contribution in [1.29, 1.82) is 0 Å². The zero-order valence-corrected chi connectivity index (χ0v) is 12.4. The minimum atomic E-state index is -0.855. The molecule has 1 N–H and O–H groups in total. The number of hydrogen-bond acceptors (Lipinski definition) is 3. The van der Waals surface area contributed by atoms with Crippen LogP contribution in [0.3, 0.4) is 0 Å². The van der Waals surface area contributed by atoms with Gasteiger partial charge in [-0.3, -0.25) is 0 Å². The molecule has 5 heteroatoms. The normalized spacial score (nSPS) is 15.1. The number of hydrogen-bond donors (Lipinski definition) is 1. The van der Waals surface area contributed by atoms with Gasteiger partial charge in [-0.2, -0.15) is 0 Å². The van der Waals surface area contributed by atoms with Gasteiger partial charge in [0.05, 0.1) is 10.7 Å². The first-order chi connectivity index (χ1) is 9.63. The summed E-state index contributed by atoms with van der Waals surface area (Å²) >= 11 is 7.16. The molecule has 1 saturated carbocycles. The van der Waals surface area contributed by atoms with Crippen LogP contribution in [0.4, 0.5) is 0 Å². The Morgan fingerprint density at radius 2 is 2.05 bits per heavy atom. The van der Waals surface area contributed by atoms with Crippen LogP contribution in [0.1, 0.15) is 51.1 Å². The molecule has 104 valence electrons. The van der Waals surface area contributed by atoms with Crippen molar-refractivity contribution in [3.63, 3.8) is 0 Å². The zero-order valence-electron chi connectivity index (χ0n) is 10.8. The minimum absolute atomic E-state index is 0.344. The maximum atomic E-state index is 11.3. The summed E-state index contributed by atoms with van der Waals surface area (Å²) in [6, 6.07) is 7.59. The number of nitrogens with zero attached hydrogens (tertiary/aromatic N) is 1. The molecule has 2 aromatic rings. The van der Waals surface area contributed by atoms with Crippen molar-refractivity contribution in [3.05, 3.63) is 50.4 Å². The molecule has 1 aromatic carbocycles. The molecule has 0 unspecified atom stereocenters. The van der Waals surface area contributed by atoms with E-state index in [1.807, 2.05) is 24.3 Å². The average molecular weight is 308 g/mol. The Kier molecular flexibility index (Phi) is 3.76. The molecule has 0 saturated heterocycles. The van der Waals surface area contributed by atoms with Crippen LogP contribution in [0, 0.1) is 0 Å². The maximum absolute atomic E-state index is 11.3. The Bertz CT molecular complexity index is 632. The third kappa shape index (κ3) is 2.72. The zero-order chi connectivity index (χ0) is 14.1. The molecule has 20 heavy (non-hydrogen) atoms. The number of rotatable bonds is 4. The van der Waals surface area contributed by atoms with E-state index in [4.69, 9.17) is 11.6 Å². The lowest BCUT2D eigenvalue weighted by molar-refractivity contribution is 0.0699. The van der Waals surface area contributed by atoms with Crippen molar-refractivity contribution in [2.24, 2.45) is 0 Å². The van der Waals surface area contributed by atoms with Gasteiger partial charge in [-0.25, -0.2) is 9.78 Å². The summed E-state index contributed by atoms with van der Waals surface area (Å²) in [5.74, 6) is -0.511. The van der Waals surface area contributed by atoms with Crippen molar-refractivity contribution in [2.75, 3.05) is 0 Å². The highest BCUT2D eigenvalue weighted by atomic mass is 35.5. The summed E-state index contributed by atoms with van der Waals surface area (Å²) in [6.07, 6.45) is 3.96. The predicted octanol–water partition coefficient (Wildman–Crippen LogP) is 4.35. The van der Waals surface area contributed by atoms with Crippen LogP contribution in [0.25, 0.3) is 0 Å². The Morgan fingerprint density at radius 3 is 2.60 bits per heavy atom. The lowest BCUT2D eigenvalue weighted by atomic mass is 9.82. The average Bonchev–Trinajstić information content (AvgIpc) is 2.74. The standard InChI is InChI=1S/C15H14ClNO2S/c16-11-6-4-9(5-7-11)8-12-17-13(10-2-1-3-10)14(20-12)15(18)19/h4-7,10H,1-3,8H2,(H,18,19). The number of aromatic carboxylic acids is 1. The molecule has 1 aromatic heterocycles. The first-order valence-corrected chi connectivity index (χ1v) is 7.80. The summed E-state index contributed by atoms with van der Waals surface area (Å²) in [6.45, 7) is 0. The lowest BCUT2D eigenvalue weighted by Crippen LogP contribution is -2.12. The van der Waals surface area contributed by atoms with Gasteiger partial charge in [-0.15, -0.1) is 11.3 Å². The van der Waals surface area contributed by atoms with Crippen LogP contribution >= 0.6 is 22.9 Å². The van der Waals surface area contributed by atoms with Gasteiger partial charge in [0.2, 0.25) is 0 Å². The fourth-order valence-electron chi connectivity index (χ4n) is 2.34. The molecule has 1 aliphatic rings. The van der Waals surface area contributed by atoms with E-state index < -0.39 is 5.97 Å². The molecular weight excluding hydrogens is 294 g/mol. The van der Waals surface area contributed by atoms with Gasteiger partial charge in [0.15, 0.2) is 0 Å². The SMILES string of the molecule is O=C(O)c1sc(Cc2ccc(Cl)cc2)nc1C1CCC1. The summed E-state index contributed by atoms with van der Waals surface area (Å²) in [4.78, 5) is 16.3. The second-order valence-corrected chi connectivity index (χ2v) is 6.58. The Balaban J connectivity index is 1.86. The van der Waals surface area contributed by atoms with Gasteiger partial charge in [-0.1, -0.05) is 30.2 Å². The van der Waals surface area contributed by atoms with Crippen molar-refractivity contribution in [2.45, 2.75) is 31.6 Å². The molecule has 0 spiro atoms. The monoisotopic (exact) mass is 307 g/mol. The second-order valence-electron chi connectivity index (χ2n) is 5.06. The smallest absolute Gasteiger partial charge is 0.347 e. The fraction of sp³-hybridized carbons (Fsp3) is 0.333. The Morgan fingerprint density at radius 1 is 1.35 bits per heavy atom. The van der Waals surface area contributed by atoms with E-state index in [0.29, 0.717) is 22.2 Å². The fourth-order valence-corrected chi connectivity index (χ4v) is 3.49. The van der Waals surface area contributed by atoms with Gasteiger partial charge < -0.3 is 5.11 Å². The predicted molar refractivity (Wildman–Crippen MR) is 79.9 cm³/mol. The molecule has 0 bridgehead atoms. The van der Waals surface area contributed by atoms with Crippen LogP contribution in [-0.2, 0) is 6.42 Å². The first-order valence-electron chi connectivity index (χ1n) is 6.61. The van der Waals surface area contributed by atoms with E-state index in [1.54, 1.807) is 0 Å². The molecule has 3 nitrogen and oxygen atoms in total. The number of carboxylic acids is 1. The van der Waals surface area contributed by atoms with E-state index in [0.717, 1.165) is 29.1 Å². The van der Waals surface area contributed by atoms with Crippen molar-refractivity contribution in [1.82, 2.24) is 4.98 Å². The maximum Gasteiger partial charge on any atom is 0.347 e. The van der Waals surface area contributed by atoms with E-state index in [-0.39, 0.29) is 0 Å². The highest BCUT2D eigenvalue weighted by molar-refractivity contribution is 7.13. The molecule has 0 atom stereocenters. The number of benzene rings is 1. The molecule has 0 radical (unpaired) electrons. The van der Waals surface area contributed by atoms with Gasteiger partial charge in [0.1, 0.15) is 4.88 Å². The largest absolute Gasteiger partial charge is 0.477 e. The van der Waals surface area contributed by atoms with Gasteiger partial charge in [0.25, 0.3) is 0 Å². The van der Waals surface area contributed by atoms with Crippen LogP contribution in [0.15, 0.2) is 24.3 Å². The van der Waals surface area contributed by atoms with Crippen LogP contribution in [-0.4, -0.2) is 16.1 Å². The highest BCUT2D eigenvalue weighted by Gasteiger charge is 2.28. The quantitative estimate of drug-likeness (QED) is 0.913. The number of carbonyl (C=O) groups is 1. The molecule has 1 heterocycles. The minimum Gasteiger partial charge on any atom is -0.477 e. The van der Waals surface area contributed by atoms with E-state index in [2.05, 4.69) is 4.98 Å². The lowest BCUT2D eigenvalue weighted by Gasteiger charge is -2.23. The van der Waals surface area contributed by atoms with Crippen molar-refractivity contribution in [3.8, 4) is 0 Å².